The van der Waals surface area contributed by atoms with Crippen LogP contribution < -0.4 is 5.32 Å². The number of urea groups is 1. The van der Waals surface area contributed by atoms with Crippen LogP contribution in [0.25, 0.3) is 0 Å². The predicted molar refractivity (Wildman–Crippen MR) is 107 cm³/mol. The largest absolute Gasteiger partial charge is 0.322 e. The minimum absolute atomic E-state index is 0.0874. The van der Waals surface area contributed by atoms with Gasteiger partial charge in [-0.15, -0.1) is 0 Å². The van der Waals surface area contributed by atoms with E-state index < -0.39 is 0 Å². The van der Waals surface area contributed by atoms with Crippen molar-refractivity contribution < 1.29 is 4.79 Å². The Balaban J connectivity index is 1.58. The molecule has 27 heavy (non-hydrogen) atoms. The van der Waals surface area contributed by atoms with Crippen LogP contribution in [0.4, 0.5) is 10.5 Å². The minimum Gasteiger partial charge on any atom is -0.322 e. The molecular weight excluding hydrogens is 336 g/mol. The van der Waals surface area contributed by atoms with Gasteiger partial charge >= 0.3 is 6.03 Å². The molecule has 1 aliphatic rings. The molecule has 0 bridgehead atoms. The molecule has 0 radical (unpaired) electrons. The zero-order valence-corrected chi connectivity index (χ0v) is 15.9. The summed E-state index contributed by atoms with van der Waals surface area (Å²) in [5.41, 5.74) is 3.09. The maximum Gasteiger partial charge on any atom is 0.321 e. The molecule has 1 saturated heterocycles. The van der Waals surface area contributed by atoms with Gasteiger partial charge in [-0.3, -0.25) is 4.90 Å². The number of rotatable bonds is 4. The molecule has 1 fully saturated rings. The number of hydrogen-bond donors (Lipinski definition) is 1. The van der Waals surface area contributed by atoms with E-state index in [-0.39, 0.29) is 12.1 Å². The van der Waals surface area contributed by atoms with E-state index in [2.05, 4.69) is 54.4 Å². The summed E-state index contributed by atoms with van der Waals surface area (Å²) in [4.78, 5) is 16.4. The van der Waals surface area contributed by atoms with E-state index in [0.29, 0.717) is 32.1 Å². The molecule has 0 aromatic heterocycles. The first-order valence-electron chi connectivity index (χ1n) is 9.43. The highest BCUT2D eigenvalue weighted by molar-refractivity contribution is 5.89. The number of nitriles is 1. The topological polar surface area (TPSA) is 59.4 Å². The average Bonchev–Trinajstić information content (AvgIpc) is 2.70. The normalized spacial score (nSPS) is 16.0. The molecule has 2 aromatic carbocycles. The maximum absolute atomic E-state index is 12.4. The van der Waals surface area contributed by atoms with Crippen molar-refractivity contribution in [2.75, 3.05) is 31.5 Å². The van der Waals surface area contributed by atoms with Gasteiger partial charge < -0.3 is 10.2 Å². The van der Waals surface area contributed by atoms with Crippen molar-refractivity contribution >= 4 is 11.7 Å². The Kier molecular flexibility index (Phi) is 6.10. The molecule has 0 aliphatic carbocycles. The van der Waals surface area contributed by atoms with Crippen LogP contribution in [0.15, 0.2) is 54.6 Å². The van der Waals surface area contributed by atoms with Crippen LogP contribution in [-0.4, -0.2) is 42.0 Å². The molecule has 5 nitrogen and oxygen atoms in total. The summed E-state index contributed by atoms with van der Waals surface area (Å²) >= 11 is 0. The van der Waals surface area contributed by atoms with E-state index in [1.54, 1.807) is 4.90 Å². The van der Waals surface area contributed by atoms with E-state index >= 15 is 0 Å². The standard InChI is InChI=1S/C22H26N4O/c1-17(2)18-8-10-19(11-9-18)21(16-23)25-12-14-26(15-13-25)22(27)24-20-6-4-3-5-7-20/h3-11,17,21H,12-15H2,1-2H3,(H,24,27). The van der Waals surface area contributed by atoms with Gasteiger partial charge in [0.15, 0.2) is 0 Å². The molecule has 2 amide bonds. The Hall–Kier alpha value is -2.84. The van der Waals surface area contributed by atoms with Crippen molar-refractivity contribution in [1.82, 2.24) is 9.80 Å². The molecule has 1 heterocycles. The second kappa shape index (κ2) is 8.70. The molecule has 3 rings (SSSR count). The Morgan fingerprint density at radius 1 is 0.963 bits per heavy atom. The van der Waals surface area contributed by atoms with Crippen LogP contribution in [0, 0.1) is 11.3 Å². The molecule has 1 aliphatic heterocycles. The predicted octanol–water partition coefficient (Wildman–Crippen LogP) is 4.22. The van der Waals surface area contributed by atoms with Gasteiger partial charge in [-0.2, -0.15) is 5.26 Å². The lowest BCUT2D eigenvalue weighted by atomic mass is 9.98. The number of piperazine rings is 1. The summed E-state index contributed by atoms with van der Waals surface area (Å²) in [6.45, 7) is 6.92. The number of carbonyl (C=O) groups excluding carboxylic acids is 1. The molecule has 1 atom stereocenters. The van der Waals surface area contributed by atoms with Crippen molar-refractivity contribution in [3.63, 3.8) is 0 Å². The van der Waals surface area contributed by atoms with E-state index in [1.807, 2.05) is 30.3 Å². The summed E-state index contributed by atoms with van der Waals surface area (Å²) in [7, 11) is 0. The zero-order valence-electron chi connectivity index (χ0n) is 15.9. The Morgan fingerprint density at radius 3 is 2.11 bits per heavy atom. The fourth-order valence-electron chi connectivity index (χ4n) is 3.34. The van der Waals surface area contributed by atoms with Crippen LogP contribution >= 0.6 is 0 Å². The van der Waals surface area contributed by atoms with Crippen molar-refractivity contribution in [2.45, 2.75) is 25.8 Å². The summed E-state index contributed by atoms with van der Waals surface area (Å²) in [5.74, 6) is 0.478. The van der Waals surface area contributed by atoms with Gasteiger partial charge in [-0.25, -0.2) is 4.79 Å². The third-order valence-electron chi connectivity index (χ3n) is 5.03. The van der Waals surface area contributed by atoms with Gasteiger partial charge in [0, 0.05) is 31.9 Å². The minimum atomic E-state index is -0.273. The molecule has 1 unspecified atom stereocenters. The third kappa shape index (κ3) is 4.66. The quantitative estimate of drug-likeness (QED) is 0.886. The Bertz CT molecular complexity index is 787. The number of nitrogens with one attached hydrogen (secondary N) is 1. The van der Waals surface area contributed by atoms with Gasteiger partial charge in [0.25, 0.3) is 0 Å². The van der Waals surface area contributed by atoms with Crippen LogP contribution in [0.5, 0.6) is 0 Å². The molecule has 1 N–H and O–H groups in total. The lowest BCUT2D eigenvalue weighted by Gasteiger charge is -2.37. The highest BCUT2D eigenvalue weighted by atomic mass is 16.2. The van der Waals surface area contributed by atoms with Crippen molar-refractivity contribution in [2.24, 2.45) is 0 Å². The Morgan fingerprint density at radius 2 is 1.56 bits per heavy atom. The van der Waals surface area contributed by atoms with Gasteiger partial charge in [0.2, 0.25) is 0 Å². The zero-order chi connectivity index (χ0) is 19.2. The number of benzene rings is 2. The summed E-state index contributed by atoms with van der Waals surface area (Å²) in [5, 5.41) is 12.6. The molecule has 0 saturated carbocycles. The molecule has 2 aromatic rings. The fourth-order valence-corrected chi connectivity index (χ4v) is 3.34. The van der Waals surface area contributed by atoms with Gasteiger partial charge in [-0.05, 0) is 29.2 Å². The molecule has 5 heteroatoms. The lowest BCUT2D eigenvalue weighted by Crippen LogP contribution is -2.50. The van der Waals surface area contributed by atoms with Crippen LogP contribution in [0.2, 0.25) is 0 Å². The van der Waals surface area contributed by atoms with Crippen LogP contribution in [0.3, 0.4) is 0 Å². The van der Waals surface area contributed by atoms with Crippen molar-refractivity contribution in [3.05, 3.63) is 65.7 Å². The highest BCUT2D eigenvalue weighted by Crippen LogP contribution is 2.24. The fraction of sp³-hybridized carbons (Fsp3) is 0.364. The number of carbonyl (C=O) groups is 1. The lowest BCUT2D eigenvalue weighted by molar-refractivity contribution is 0.131. The number of para-hydroxylation sites is 1. The van der Waals surface area contributed by atoms with E-state index in [1.165, 1.54) is 5.56 Å². The third-order valence-corrected chi connectivity index (χ3v) is 5.03. The summed E-state index contributed by atoms with van der Waals surface area (Å²) < 4.78 is 0. The van der Waals surface area contributed by atoms with E-state index in [9.17, 15) is 10.1 Å². The average molecular weight is 362 g/mol. The molecule has 0 spiro atoms. The summed E-state index contributed by atoms with van der Waals surface area (Å²) in [6, 6.07) is 19.9. The number of nitrogens with zero attached hydrogens (tertiary/aromatic N) is 3. The van der Waals surface area contributed by atoms with E-state index in [4.69, 9.17) is 0 Å². The first-order valence-corrected chi connectivity index (χ1v) is 9.43. The monoisotopic (exact) mass is 362 g/mol. The highest BCUT2D eigenvalue weighted by Gasteiger charge is 2.27. The van der Waals surface area contributed by atoms with Crippen molar-refractivity contribution in [1.29, 1.82) is 5.26 Å². The number of hydrogen-bond acceptors (Lipinski definition) is 3. The van der Waals surface area contributed by atoms with E-state index in [0.717, 1.165) is 11.3 Å². The van der Waals surface area contributed by atoms with Crippen LogP contribution in [0.1, 0.15) is 36.9 Å². The SMILES string of the molecule is CC(C)c1ccc(C(C#N)N2CCN(C(=O)Nc3ccccc3)CC2)cc1. The Labute approximate surface area is 161 Å². The first-order chi connectivity index (χ1) is 13.1. The first kappa shape index (κ1) is 18.9. The second-order valence-electron chi connectivity index (χ2n) is 7.17. The van der Waals surface area contributed by atoms with Crippen LogP contribution in [-0.2, 0) is 0 Å². The number of anilines is 1. The second-order valence-corrected chi connectivity index (χ2v) is 7.17. The number of amides is 2. The maximum atomic E-state index is 12.4. The van der Waals surface area contributed by atoms with Gasteiger partial charge in [0.1, 0.15) is 6.04 Å². The smallest absolute Gasteiger partial charge is 0.321 e. The van der Waals surface area contributed by atoms with Gasteiger partial charge in [-0.1, -0.05) is 56.3 Å². The molecule has 140 valence electrons. The van der Waals surface area contributed by atoms with Gasteiger partial charge in [0.05, 0.1) is 6.07 Å². The summed E-state index contributed by atoms with van der Waals surface area (Å²) in [6.07, 6.45) is 0. The van der Waals surface area contributed by atoms with Crippen molar-refractivity contribution in [3.8, 4) is 6.07 Å². The molecular formula is C22H26N4O.